The number of anilines is 3. The van der Waals surface area contributed by atoms with Crippen molar-refractivity contribution in [2.24, 2.45) is 0 Å². The highest BCUT2D eigenvalue weighted by Gasteiger charge is 2.20. The van der Waals surface area contributed by atoms with Gasteiger partial charge < -0.3 is 20.5 Å². The van der Waals surface area contributed by atoms with Crippen LogP contribution < -0.4 is 15.6 Å². The third-order valence-electron chi connectivity index (χ3n) is 4.79. The standard InChI is InChI=1S/C21H24N6O2/c1-13-11-15(4-3-14(2)28)5-6-17(13)25-21-26-19-18(22-12-23-19)20(27-21)24-16-7-9-29-10-8-16/h5-6,11-12,14,16,28H,7-10H2,1-2H3,(H3,22,23,24,25,26,27)/p+1. The van der Waals surface area contributed by atoms with Gasteiger partial charge in [-0.1, -0.05) is 16.8 Å². The topological polar surface area (TPSA) is 109 Å². The highest BCUT2D eigenvalue weighted by atomic mass is 16.5. The summed E-state index contributed by atoms with van der Waals surface area (Å²) in [5.74, 6) is 6.99. The lowest BCUT2D eigenvalue weighted by molar-refractivity contribution is -0.347. The van der Waals surface area contributed by atoms with E-state index in [1.54, 1.807) is 13.3 Å². The van der Waals surface area contributed by atoms with Crippen molar-refractivity contribution in [3.63, 3.8) is 0 Å². The number of aromatic amines is 2. The van der Waals surface area contributed by atoms with E-state index in [0.29, 0.717) is 12.0 Å². The summed E-state index contributed by atoms with van der Waals surface area (Å²) < 4.78 is 5.44. The molecule has 0 spiro atoms. The van der Waals surface area contributed by atoms with Gasteiger partial charge in [-0.2, -0.15) is 4.98 Å². The quantitative estimate of drug-likeness (QED) is 0.506. The summed E-state index contributed by atoms with van der Waals surface area (Å²) in [4.78, 5) is 15.6. The molecule has 1 aromatic carbocycles. The highest BCUT2D eigenvalue weighted by molar-refractivity contribution is 5.82. The van der Waals surface area contributed by atoms with E-state index in [0.717, 1.165) is 59.9 Å². The number of aliphatic hydroxyl groups excluding tert-OH is 1. The van der Waals surface area contributed by atoms with E-state index in [4.69, 9.17) is 9.72 Å². The van der Waals surface area contributed by atoms with Crippen molar-refractivity contribution < 1.29 is 14.8 Å². The number of hydrogen-bond acceptors (Lipinski definition) is 6. The number of ether oxygens (including phenoxy) is 1. The molecule has 1 fully saturated rings. The Morgan fingerprint density at radius 3 is 2.90 bits per heavy atom. The molecule has 2 aromatic heterocycles. The fourth-order valence-corrected chi connectivity index (χ4v) is 3.26. The summed E-state index contributed by atoms with van der Waals surface area (Å²) in [5.41, 5.74) is 4.35. The third kappa shape index (κ3) is 4.65. The zero-order valence-electron chi connectivity index (χ0n) is 16.5. The van der Waals surface area contributed by atoms with Gasteiger partial charge in [0, 0.05) is 30.5 Å². The Labute approximate surface area is 169 Å². The number of aromatic nitrogens is 4. The first-order chi connectivity index (χ1) is 14.1. The Bertz CT molecular complexity index is 1060. The van der Waals surface area contributed by atoms with Gasteiger partial charge in [-0.15, -0.1) is 0 Å². The van der Waals surface area contributed by atoms with E-state index in [2.05, 4.69) is 37.4 Å². The molecule has 5 N–H and O–H groups in total. The predicted octanol–water partition coefficient (Wildman–Crippen LogP) is 2.15. The number of nitrogens with zero attached hydrogens (tertiary/aromatic N) is 2. The van der Waals surface area contributed by atoms with Crippen molar-refractivity contribution in [3.05, 3.63) is 35.7 Å². The van der Waals surface area contributed by atoms with Crippen LogP contribution >= 0.6 is 0 Å². The van der Waals surface area contributed by atoms with Crippen molar-refractivity contribution in [3.8, 4) is 11.8 Å². The molecule has 0 radical (unpaired) electrons. The Hall–Kier alpha value is -3.15. The van der Waals surface area contributed by atoms with E-state index in [9.17, 15) is 5.11 Å². The molecule has 3 heterocycles. The maximum Gasteiger partial charge on any atom is 0.307 e. The smallest absolute Gasteiger partial charge is 0.307 e. The number of hydrogen-bond donors (Lipinski definition) is 4. The summed E-state index contributed by atoms with van der Waals surface area (Å²) in [7, 11) is 0. The van der Waals surface area contributed by atoms with Gasteiger partial charge in [0.1, 0.15) is 6.10 Å². The van der Waals surface area contributed by atoms with Crippen LogP contribution in [0.5, 0.6) is 0 Å². The number of benzene rings is 1. The van der Waals surface area contributed by atoms with Crippen LogP contribution in [-0.4, -0.2) is 45.4 Å². The molecule has 0 amide bonds. The molecule has 8 nitrogen and oxygen atoms in total. The van der Waals surface area contributed by atoms with Crippen LogP contribution in [0.1, 0.15) is 30.9 Å². The molecular formula is C21H25N6O2+. The molecule has 29 heavy (non-hydrogen) atoms. The van der Waals surface area contributed by atoms with E-state index in [-0.39, 0.29) is 0 Å². The van der Waals surface area contributed by atoms with E-state index in [1.165, 1.54) is 0 Å². The van der Waals surface area contributed by atoms with Gasteiger partial charge in [0.15, 0.2) is 12.1 Å². The van der Waals surface area contributed by atoms with Crippen LogP contribution in [0.2, 0.25) is 0 Å². The van der Waals surface area contributed by atoms with Crippen molar-refractivity contribution in [1.82, 2.24) is 15.0 Å². The van der Waals surface area contributed by atoms with Gasteiger partial charge >= 0.3 is 11.6 Å². The van der Waals surface area contributed by atoms with Crippen molar-refractivity contribution in [1.29, 1.82) is 0 Å². The van der Waals surface area contributed by atoms with Crippen LogP contribution in [0.3, 0.4) is 0 Å². The van der Waals surface area contributed by atoms with Gasteiger partial charge in [0.05, 0.1) is 0 Å². The lowest BCUT2D eigenvalue weighted by atomic mass is 10.1. The molecule has 3 aromatic rings. The van der Waals surface area contributed by atoms with E-state index >= 15 is 0 Å². The normalized spacial score (nSPS) is 15.6. The molecule has 0 saturated carbocycles. The van der Waals surface area contributed by atoms with Crippen LogP contribution in [0.15, 0.2) is 24.5 Å². The Morgan fingerprint density at radius 1 is 1.31 bits per heavy atom. The van der Waals surface area contributed by atoms with Gasteiger partial charge in [0.25, 0.3) is 0 Å². The monoisotopic (exact) mass is 393 g/mol. The molecule has 1 aliphatic heterocycles. The Balaban J connectivity index is 1.59. The zero-order valence-corrected chi connectivity index (χ0v) is 16.5. The summed E-state index contributed by atoms with van der Waals surface area (Å²) in [6, 6.07) is 6.15. The molecule has 1 atom stereocenters. The Kier molecular flexibility index (Phi) is 5.60. The lowest BCUT2D eigenvalue weighted by Crippen LogP contribution is -2.28. The van der Waals surface area contributed by atoms with Crippen molar-refractivity contribution in [2.75, 3.05) is 23.8 Å². The lowest BCUT2D eigenvalue weighted by Gasteiger charge is -2.23. The number of rotatable bonds is 4. The molecule has 1 aliphatic rings. The molecular weight excluding hydrogens is 368 g/mol. The second-order valence-electron chi connectivity index (χ2n) is 7.18. The zero-order chi connectivity index (χ0) is 20.2. The predicted molar refractivity (Wildman–Crippen MR) is 111 cm³/mol. The maximum atomic E-state index is 9.32. The average Bonchev–Trinajstić information content (AvgIpc) is 3.18. The summed E-state index contributed by atoms with van der Waals surface area (Å²) in [5, 5.41) is 16.2. The van der Waals surface area contributed by atoms with Crippen LogP contribution in [-0.2, 0) is 4.74 Å². The minimum absolute atomic E-state index is 0.325. The number of H-pyrrole nitrogens is 2. The van der Waals surface area contributed by atoms with Crippen LogP contribution in [0.4, 0.5) is 17.5 Å². The molecule has 8 heteroatoms. The SMILES string of the molecule is Cc1cc(C#CC(C)O)ccc1Nc1nc(NC2CCOCC2)c2[nH]c[nH+]c2n1. The molecule has 1 unspecified atom stereocenters. The highest BCUT2D eigenvalue weighted by Crippen LogP contribution is 2.24. The average molecular weight is 393 g/mol. The molecule has 4 rings (SSSR count). The van der Waals surface area contributed by atoms with Crippen molar-refractivity contribution >= 4 is 28.6 Å². The largest absolute Gasteiger partial charge is 0.381 e. The first kappa shape index (κ1) is 19.2. The first-order valence-electron chi connectivity index (χ1n) is 9.77. The van der Waals surface area contributed by atoms with Gasteiger partial charge in [-0.05, 0) is 50.5 Å². The third-order valence-corrected chi connectivity index (χ3v) is 4.79. The van der Waals surface area contributed by atoms with Gasteiger partial charge in [-0.25, -0.2) is 4.98 Å². The van der Waals surface area contributed by atoms with Crippen LogP contribution in [0, 0.1) is 18.8 Å². The van der Waals surface area contributed by atoms with Crippen molar-refractivity contribution in [2.45, 2.75) is 38.8 Å². The fraction of sp³-hybridized carbons (Fsp3) is 0.381. The van der Waals surface area contributed by atoms with Gasteiger partial charge in [0.2, 0.25) is 5.52 Å². The number of nitrogens with one attached hydrogen (secondary N) is 4. The molecule has 150 valence electrons. The molecule has 1 saturated heterocycles. The maximum absolute atomic E-state index is 9.32. The van der Waals surface area contributed by atoms with E-state index < -0.39 is 6.10 Å². The minimum atomic E-state index is -0.646. The fourth-order valence-electron chi connectivity index (χ4n) is 3.26. The second-order valence-corrected chi connectivity index (χ2v) is 7.18. The molecule has 0 bridgehead atoms. The second kappa shape index (κ2) is 8.47. The number of aliphatic hydroxyl groups is 1. The minimum Gasteiger partial charge on any atom is -0.381 e. The number of aryl methyl sites for hydroxylation is 1. The van der Waals surface area contributed by atoms with Crippen LogP contribution in [0.25, 0.3) is 11.2 Å². The van der Waals surface area contributed by atoms with Gasteiger partial charge in [-0.3, -0.25) is 4.98 Å². The first-order valence-corrected chi connectivity index (χ1v) is 9.77. The summed E-state index contributed by atoms with van der Waals surface area (Å²) in [6.07, 6.45) is 3.01. The number of fused-ring (bicyclic) bond motifs is 1. The molecule has 0 aliphatic carbocycles. The summed E-state index contributed by atoms with van der Waals surface area (Å²) in [6.45, 7) is 5.17. The van der Waals surface area contributed by atoms with E-state index in [1.807, 2.05) is 25.1 Å². The summed E-state index contributed by atoms with van der Waals surface area (Å²) >= 11 is 0. The number of imidazole rings is 1. The Morgan fingerprint density at radius 2 is 2.14 bits per heavy atom.